The lowest BCUT2D eigenvalue weighted by molar-refractivity contribution is 0.186. The minimum atomic E-state index is 0.175. The molecule has 2 atom stereocenters. The van der Waals surface area contributed by atoms with Gasteiger partial charge in [0.2, 0.25) is 0 Å². The molecule has 0 amide bonds. The van der Waals surface area contributed by atoms with E-state index in [1.165, 1.54) is 16.7 Å². The van der Waals surface area contributed by atoms with Crippen molar-refractivity contribution in [2.75, 3.05) is 19.6 Å². The number of allylic oxidation sites excluding steroid dienone is 2. The van der Waals surface area contributed by atoms with Gasteiger partial charge in [-0.15, -0.1) is 0 Å². The average Bonchev–Trinajstić information content (AvgIpc) is 2.78. The first kappa shape index (κ1) is 21.5. The Labute approximate surface area is 173 Å². The molecule has 1 aromatic carbocycles. The highest BCUT2D eigenvalue weighted by atomic mass is 79.9. The number of aryl methyl sites for hydroxylation is 1. The van der Waals surface area contributed by atoms with Crippen molar-refractivity contribution < 1.29 is 5.11 Å². The van der Waals surface area contributed by atoms with Crippen LogP contribution in [-0.2, 0) is 6.42 Å². The van der Waals surface area contributed by atoms with Crippen LogP contribution in [0.15, 0.2) is 38.9 Å². The van der Waals surface area contributed by atoms with Gasteiger partial charge in [0.25, 0.3) is 0 Å². The SMILES string of the molecule is CC.CCN(CCN)[C@@H]1c2c(Br)cc(O)cc2CCC2=CC(Br)=CNC21. The number of fused-ring (bicyclic) bond motifs is 2. The molecule has 0 fully saturated rings. The number of aromatic hydroxyl groups is 1. The minimum absolute atomic E-state index is 0.175. The van der Waals surface area contributed by atoms with Crippen molar-refractivity contribution in [2.45, 2.75) is 45.7 Å². The summed E-state index contributed by atoms with van der Waals surface area (Å²) in [5.41, 5.74) is 9.72. The number of dihydropyridines is 1. The van der Waals surface area contributed by atoms with Crippen LogP contribution in [0.25, 0.3) is 0 Å². The Morgan fingerprint density at radius 3 is 2.65 bits per heavy atom. The number of hydrogen-bond acceptors (Lipinski definition) is 4. The molecule has 0 bridgehead atoms. The van der Waals surface area contributed by atoms with E-state index in [1.54, 1.807) is 6.07 Å². The van der Waals surface area contributed by atoms with Crippen LogP contribution < -0.4 is 11.1 Å². The van der Waals surface area contributed by atoms with Gasteiger partial charge in [-0.1, -0.05) is 36.7 Å². The van der Waals surface area contributed by atoms with Gasteiger partial charge in [0.1, 0.15) is 5.75 Å². The van der Waals surface area contributed by atoms with Crippen LogP contribution in [0.5, 0.6) is 5.75 Å². The summed E-state index contributed by atoms with van der Waals surface area (Å²) >= 11 is 7.28. The van der Waals surface area contributed by atoms with Crippen molar-refractivity contribution in [1.29, 1.82) is 0 Å². The van der Waals surface area contributed by atoms with E-state index in [0.29, 0.717) is 12.3 Å². The second-order valence-corrected chi connectivity index (χ2v) is 8.03. The van der Waals surface area contributed by atoms with Crippen LogP contribution >= 0.6 is 31.9 Å². The van der Waals surface area contributed by atoms with Gasteiger partial charge in [-0.3, -0.25) is 4.90 Å². The maximum Gasteiger partial charge on any atom is 0.116 e. The first-order chi connectivity index (χ1) is 12.5. The molecule has 0 saturated heterocycles. The van der Waals surface area contributed by atoms with Crippen molar-refractivity contribution in [3.63, 3.8) is 0 Å². The fourth-order valence-corrected chi connectivity index (χ4v) is 4.95. The topological polar surface area (TPSA) is 61.5 Å². The van der Waals surface area contributed by atoms with Crippen LogP contribution in [0.3, 0.4) is 0 Å². The molecular formula is C20H29Br2N3O. The number of hydrogen-bond donors (Lipinski definition) is 3. The van der Waals surface area contributed by atoms with Gasteiger partial charge < -0.3 is 16.2 Å². The Morgan fingerprint density at radius 1 is 1.27 bits per heavy atom. The summed E-state index contributed by atoms with van der Waals surface area (Å²) in [6.45, 7) is 8.56. The highest BCUT2D eigenvalue weighted by Crippen LogP contribution is 2.42. The highest BCUT2D eigenvalue weighted by Gasteiger charge is 2.36. The Balaban J connectivity index is 0.00000117. The molecule has 3 rings (SSSR count). The van der Waals surface area contributed by atoms with Crippen molar-refractivity contribution in [2.24, 2.45) is 5.73 Å². The molecule has 26 heavy (non-hydrogen) atoms. The number of likely N-dealkylation sites (N-methyl/N-ethyl adjacent to an activating group) is 1. The summed E-state index contributed by atoms with van der Waals surface area (Å²) in [6, 6.07) is 4.09. The van der Waals surface area contributed by atoms with Gasteiger partial charge in [-0.2, -0.15) is 0 Å². The molecule has 4 nitrogen and oxygen atoms in total. The zero-order valence-corrected chi connectivity index (χ0v) is 18.9. The van der Waals surface area contributed by atoms with Crippen molar-refractivity contribution in [3.8, 4) is 5.75 Å². The maximum absolute atomic E-state index is 10.0. The number of phenolic OH excluding ortho intramolecular Hbond substituents is 1. The van der Waals surface area contributed by atoms with E-state index in [-0.39, 0.29) is 12.1 Å². The lowest BCUT2D eigenvalue weighted by Crippen LogP contribution is -2.45. The molecule has 0 aromatic heterocycles. The van der Waals surface area contributed by atoms with Gasteiger partial charge in [0.05, 0.1) is 12.1 Å². The first-order valence-electron chi connectivity index (χ1n) is 9.32. The third-order valence-electron chi connectivity index (χ3n) is 4.83. The van der Waals surface area contributed by atoms with E-state index in [0.717, 1.165) is 34.9 Å². The number of nitrogens with zero attached hydrogens (tertiary/aromatic N) is 1. The molecule has 0 spiro atoms. The maximum atomic E-state index is 10.0. The first-order valence-corrected chi connectivity index (χ1v) is 10.9. The van der Waals surface area contributed by atoms with Crippen LogP contribution in [0.1, 0.15) is 44.4 Å². The molecule has 4 N–H and O–H groups in total. The molecule has 1 unspecified atom stereocenters. The Morgan fingerprint density at radius 2 is 2.00 bits per heavy atom. The van der Waals surface area contributed by atoms with Gasteiger partial charge in [-0.25, -0.2) is 0 Å². The average molecular weight is 487 g/mol. The number of benzene rings is 1. The largest absolute Gasteiger partial charge is 0.508 e. The molecule has 6 heteroatoms. The van der Waals surface area contributed by atoms with Crippen LogP contribution in [-0.4, -0.2) is 35.7 Å². The van der Waals surface area contributed by atoms with E-state index in [9.17, 15) is 5.11 Å². The Kier molecular flexibility index (Phi) is 8.20. The van der Waals surface area contributed by atoms with Gasteiger partial charge in [-0.05, 0) is 70.2 Å². The highest BCUT2D eigenvalue weighted by molar-refractivity contribution is 9.12. The molecule has 0 radical (unpaired) electrons. The summed E-state index contributed by atoms with van der Waals surface area (Å²) in [6.07, 6.45) is 6.14. The fraction of sp³-hybridized carbons (Fsp3) is 0.500. The second kappa shape index (κ2) is 9.93. The Bertz CT molecular complexity index is 688. The third kappa shape index (κ3) is 4.53. The molecule has 2 aliphatic rings. The van der Waals surface area contributed by atoms with E-state index in [4.69, 9.17) is 5.73 Å². The zero-order valence-electron chi connectivity index (χ0n) is 15.7. The molecule has 1 aromatic rings. The molecule has 1 heterocycles. The van der Waals surface area contributed by atoms with Crippen LogP contribution in [0, 0.1) is 0 Å². The lowest BCUT2D eigenvalue weighted by Gasteiger charge is -2.39. The van der Waals surface area contributed by atoms with E-state index < -0.39 is 0 Å². The lowest BCUT2D eigenvalue weighted by atomic mass is 9.91. The minimum Gasteiger partial charge on any atom is -0.508 e. The molecule has 1 aliphatic heterocycles. The summed E-state index contributed by atoms with van der Waals surface area (Å²) < 4.78 is 2.04. The fourth-order valence-electron chi connectivity index (χ4n) is 3.80. The standard InChI is InChI=1S/C18H23Br2N3O.C2H6/c1-2-23(6-5-21)18-16-11(8-14(24)9-15(16)20)3-4-12-7-13(19)10-22-17(12)18;1-2/h7-10,17-18,22,24H,2-6,21H2,1H3;1-2H3/t17?,18-;/m1./s1. The zero-order chi connectivity index (χ0) is 19.3. The second-order valence-electron chi connectivity index (χ2n) is 6.26. The Hall–Kier alpha value is -0.820. The number of nitrogens with one attached hydrogen (secondary N) is 1. The summed E-state index contributed by atoms with van der Waals surface area (Å²) in [7, 11) is 0. The van der Waals surface area contributed by atoms with Gasteiger partial charge in [0, 0.05) is 28.2 Å². The molecular weight excluding hydrogens is 458 g/mol. The third-order valence-corrected chi connectivity index (χ3v) is 5.95. The normalized spacial score (nSPS) is 21.3. The van der Waals surface area contributed by atoms with E-state index in [1.807, 2.05) is 26.1 Å². The number of halogens is 2. The predicted octanol–water partition coefficient (Wildman–Crippen LogP) is 4.58. The van der Waals surface area contributed by atoms with Crippen LogP contribution in [0.2, 0.25) is 0 Å². The predicted molar refractivity (Wildman–Crippen MR) is 117 cm³/mol. The van der Waals surface area contributed by atoms with Gasteiger partial charge >= 0.3 is 0 Å². The summed E-state index contributed by atoms with van der Waals surface area (Å²) in [4.78, 5) is 2.42. The molecule has 0 saturated carbocycles. The van der Waals surface area contributed by atoms with Crippen molar-refractivity contribution in [3.05, 3.63) is 50.1 Å². The van der Waals surface area contributed by atoms with Crippen molar-refractivity contribution >= 4 is 31.9 Å². The quantitative estimate of drug-likeness (QED) is 0.582. The summed E-state index contributed by atoms with van der Waals surface area (Å²) in [5.74, 6) is 0.312. The van der Waals surface area contributed by atoms with Gasteiger partial charge in [0.15, 0.2) is 0 Å². The number of phenols is 1. The number of rotatable bonds is 4. The van der Waals surface area contributed by atoms with Crippen molar-refractivity contribution in [1.82, 2.24) is 10.2 Å². The van der Waals surface area contributed by atoms with E-state index >= 15 is 0 Å². The molecule has 1 aliphatic carbocycles. The summed E-state index contributed by atoms with van der Waals surface area (Å²) in [5, 5.41) is 13.6. The number of nitrogens with two attached hydrogens (primary N) is 1. The monoisotopic (exact) mass is 485 g/mol. The smallest absolute Gasteiger partial charge is 0.116 e. The van der Waals surface area contributed by atoms with E-state index in [2.05, 4.69) is 55.1 Å². The van der Waals surface area contributed by atoms with Crippen LogP contribution in [0.4, 0.5) is 0 Å². The molecule has 144 valence electrons.